The number of allylic oxidation sites excluding steroid dienone is 24. The number of esters is 3. The second-order valence-electron chi connectivity index (χ2n) is 20.9. The van der Waals surface area contributed by atoms with Crippen molar-refractivity contribution in [3.05, 3.63) is 146 Å². The van der Waals surface area contributed by atoms with Gasteiger partial charge in [-0.2, -0.15) is 0 Å². The third kappa shape index (κ3) is 64.0. The van der Waals surface area contributed by atoms with Gasteiger partial charge in [0.15, 0.2) is 6.10 Å². The van der Waals surface area contributed by atoms with E-state index in [1.807, 2.05) is 0 Å². The second kappa shape index (κ2) is 65.8. The highest BCUT2D eigenvalue weighted by Gasteiger charge is 2.19. The summed E-state index contributed by atoms with van der Waals surface area (Å²) in [6.07, 6.45) is 94.4. The van der Waals surface area contributed by atoms with Crippen LogP contribution in [0.2, 0.25) is 0 Å². The molecule has 0 bridgehead atoms. The second-order valence-corrected chi connectivity index (χ2v) is 20.9. The Kier molecular flexibility index (Phi) is 61.9. The van der Waals surface area contributed by atoms with Gasteiger partial charge in [0.25, 0.3) is 0 Å². The SMILES string of the molecule is CC/C=C\C/C=C\C/C=C\C/C=C\C/C=C\C/C=C\CCCCCCCCCCCCC(=O)OCC(COC(=O)CCCCCCCCC)OC(=O)CCCCCCCC/C=C\C/C=C\C/C=C\C/C=C\C/C=C\C/C=C\CC. The summed E-state index contributed by atoms with van der Waals surface area (Å²) in [5, 5.41) is 0. The fourth-order valence-electron chi connectivity index (χ4n) is 8.57. The summed E-state index contributed by atoms with van der Waals surface area (Å²) >= 11 is 0. The molecule has 0 radical (unpaired) electrons. The lowest BCUT2D eigenvalue weighted by Gasteiger charge is -2.18. The molecule has 0 aliphatic heterocycles. The highest BCUT2D eigenvalue weighted by Crippen LogP contribution is 2.15. The molecule has 0 saturated carbocycles. The zero-order valence-corrected chi connectivity index (χ0v) is 51.1. The van der Waals surface area contributed by atoms with Gasteiger partial charge in [-0.1, -0.05) is 282 Å². The van der Waals surface area contributed by atoms with Crippen molar-refractivity contribution in [2.45, 2.75) is 284 Å². The lowest BCUT2D eigenvalue weighted by Crippen LogP contribution is -2.30. The first-order valence-electron chi connectivity index (χ1n) is 32.3. The van der Waals surface area contributed by atoms with Crippen LogP contribution in [0.25, 0.3) is 0 Å². The molecule has 79 heavy (non-hydrogen) atoms. The fraction of sp³-hybridized carbons (Fsp3) is 0.630. The molecule has 6 nitrogen and oxygen atoms in total. The van der Waals surface area contributed by atoms with Crippen LogP contribution < -0.4 is 0 Å². The summed E-state index contributed by atoms with van der Waals surface area (Å²) in [7, 11) is 0. The van der Waals surface area contributed by atoms with Gasteiger partial charge in [0.1, 0.15) is 13.2 Å². The van der Waals surface area contributed by atoms with E-state index >= 15 is 0 Å². The van der Waals surface area contributed by atoms with Crippen molar-refractivity contribution in [3.63, 3.8) is 0 Å². The Morgan fingerprint density at radius 1 is 0.266 bits per heavy atom. The maximum absolute atomic E-state index is 12.9. The molecule has 0 amide bonds. The van der Waals surface area contributed by atoms with E-state index in [2.05, 4.69) is 167 Å². The van der Waals surface area contributed by atoms with Crippen molar-refractivity contribution in [2.24, 2.45) is 0 Å². The molecule has 1 atom stereocenters. The zero-order chi connectivity index (χ0) is 57.1. The molecule has 0 rings (SSSR count). The van der Waals surface area contributed by atoms with Crippen LogP contribution >= 0.6 is 0 Å². The fourth-order valence-corrected chi connectivity index (χ4v) is 8.57. The van der Waals surface area contributed by atoms with Gasteiger partial charge in [-0.3, -0.25) is 14.4 Å². The van der Waals surface area contributed by atoms with Gasteiger partial charge in [-0.15, -0.1) is 0 Å². The van der Waals surface area contributed by atoms with Crippen LogP contribution in [-0.2, 0) is 28.6 Å². The summed E-state index contributed by atoms with van der Waals surface area (Å²) in [5.74, 6) is -0.915. The van der Waals surface area contributed by atoms with Gasteiger partial charge >= 0.3 is 17.9 Å². The summed E-state index contributed by atoms with van der Waals surface area (Å²) in [5.41, 5.74) is 0. The average Bonchev–Trinajstić information content (AvgIpc) is 3.45. The number of carbonyl (C=O) groups is 3. The van der Waals surface area contributed by atoms with Crippen LogP contribution in [0.1, 0.15) is 278 Å². The van der Waals surface area contributed by atoms with E-state index in [-0.39, 0.29) is 31.1 Å². The minimum absolute atomic E-state index is 0.0887. The number of unbranched alkanes of at least 4 members (excludes halogenated alkanes) is 22. The standard InChI is InChI=1S/C73H118O6/c1-4-7-10-13-16-18-20-22-24-26-28-30-32-34-35-36-37-39-40-42-44-46-48-50-52-54-57-60-63-66-72(75)78-69-70(68-77-71(74)65-62-59-56-15-12-9-6-3)79-73(76)67-64-61-58-55-53-51-49-47-45-43-41-38-33-31-29-27-25-23-21-19-17-14-11-8-5-2/h7-8,10-11,16-19,22-25,28-31,34-35,37-39,41,45,47,70H,4-6,9,12-15,20-21,26-27,32-33,36,40,42-44,46,48-69H2,1-3H3/b10-7-,11-8-,18-16-,19-17-,24-22-,25-23-,30-28-,31-29-,35-34-,39-37-,41-38-,47-45-. The van der Waals surface area contributed by atoms with E-state index < -0.39 is 6.10 Å². The van der Waals surface area contributed by atoms with E-state index in [1.54, 1.807) is 0 Å². The Labute approximate surface area is 487 Å². The molecule has 0 heterocycles. The third-order valence-electron chi connectivity index (χ3n) is 13.3. The van der Waals surface area contributed by atoms with E-state index in [0.717, 1.165) is 148 Å². The van der Waals surface area contributed by atoms with Crippen molar-refractivity contribution in [1.82, 2.24) is 0 Å². The van der Waals surface area contributed by atoms with Crippen molar-refractivity contribution in [3.8, 4) is 0 Å². The topological polar surface area (TPSA) is 78.9 Å². The Balaban J connectivity index is 4.21. The first-order chi connectivity index (χ1) is 39.0. The van der Waals surface area contributed by atoms with Crippen LogP contribution in [0.3, 0.4) is 0 Å². The Hall–Kier alpha value is -4.71. The van der Waals surface area contributed by atoms with Gasteiger partial charge < -0.3 is 14.2 Å². The number of hydrogen-bond acceptors (Lipinski definition) is 6. The molecule has 0 aromatic carbocycles. The Morgan fingerprint density at radius 2 is 0.494 bits per heavy atom. The maximum Gasteiger partial charge on any atom is 0.306 e. The van der Waals surface area contributed by atoms with E-state index in [1.165, 1.54) is 89.9 Å². The lowest BCUT2D eigenvalue weighted by atomic mass is 10.1. The molecule has 0 spiro atoms. The molecule has 0 N–H and O–H groups in total. The van der Waals surface area contributed by atoms with Crippen molar-refractivity contribution >= 4 is 17.9 Å². The van der Waals surface area contributed by atoms with Crippen molar-refractivity contribution in [1.29, 1.82) is 0 Å². The maximum atomic E-state index is 12.9. The first kappa shape index (κ1) is 74.3. The predicted molar refractivity (Wildman–Crippen MR) is 343 cm³/mol. The Bertz CT molecular complexity index is 1730. The highest BCUT2D eigenvalue weighted by molar-refractivity contribution is 5.71. The normalized spacial score (nSPS) is 13.1. The number of ether oxygens (including phenoxy) is 3. The van der Waals surface area contributed by atoms with Gasteiger partial charge in [0.05, 0.1) is 0 Å². The molecule has 446 valence electrons. The molecule has 0 aliphatic carbocycles. The lowest BCUT2D eigenvalue weighted by molar-refractivity contribution is -0.167. The molecule has 6 heteroatoms. The zero-order valence-electron chi connectivity index (χ0n) is 51.1. The first-order valence-corrected chi connectivity index (χ1v) is 32.3. The Morgan fingerprint density at radius 3 is 0.772 bits per heavy atom. The van der Waals surface area contributed by atoms with Crippen LogP contribution in [0.5, 0.6) is 0 Å². The minimum atomic E-state index is -0.792. The summed E-state index contributed by atoms with van der Waals surface area (Å²) in [6.45, 7) is 6.36. The van der Waals surface area contributed by atoms with Gasteiger partial charge in [-0.25, -0.2) is 0 Å². The quantitative estimate of drug-likeness (QED) is 0.0261. The molecular weight excluding hydrogens is 973 g/mol. The summed E-state index contributed by atoms with van der Waals surface area (Å²) < 4.78 is 16.8. The van der Waals surface area contributed by atoms with Crippen LogP contribution in [0.4, 0.5) is 0 Å². The molecule has 0 aliphatic rings. The van der Waals surface area contributed by atoms with E-state index in [4.69, 9.17) is 14.2 Å². The van der Waals surface area contributed by atoms with E-state index in [0.29, 0.717) is 19.3 Å². The average molecular weight is 1090 g/mol. The van der Waals surface area contributed by atoms with Crippen molar-refractivity contribution in [2.75, 3.05) is 13.2 Å². The number of carbonyl (C=O) groups excluding carboxylic acids is 3. The number of hydrogen-bond donors (Lipinski definition) is 0. The van der Waals surface area contributed by atoms with Gasteiger partial charge in [0.2, 0.25) is 0 Å². The minimum Gasteiger partial charge on any atom is -0.462 e. The molecule has 1 unspecified atom stereocenters. The van der Waals surface area contributed by atoms with Crippen molar-refractivity contribution < 1.29 is 28.6 Å². The summed E-state index contributed by atoms with van der Waals surface area (Å²) in [4.78, 5) is 38.1. The molecule has 0 aromatic heterocycles. The summed E-state index contributed by atoms with van der Waals surface area (Å²) in [6, 6.07) is 0. The largest absolute Gasteiger partial charge is 0.462 e. The molecule has 0 saturated heterocycles. The van der Waals surface area contributed by atoms with Crippen LogP contribution in [-0.4, -0.2) is 37.2 Å². The molecular formula is C73H118O6. The van der Waals surface area contributed by atoms with E-state index in [9.17, 15) is 14.4 Å². The molecule has 0 aromatic rings. The van der Waals surface area contributed by atoms with Crippen LogP contribution in [0, 0.1) is 0 Å². The van der Waals surface area contributed by atoms with Crippen LogP contribution in [0.15, 0.2) is 146 Å². The third-order valence-corrected chi connectivity index (χ3v) is 13.3. The highest BCUT2D eigenvalue weighted by atomic mass is 16.6. The van der Waals surface area contributed by atoms with Gasteiger partial charge in [-0.05, 0) is 122 Å². The molecule has 0 fully saturated rings. The number of rotatable bonds is 57. The smallest absolute Gasteiger partial charge is 0.306 e. The predicted octanol–water partition coefficient (Wildman–Crippen LogP) is 22.3. The van der Waals surface area contributed by atoms with Gasteiger partial charge in [0, 0.05) is 19.3 Å². The monoisotopic (exact) mass is 1090 g/mol.